The molecule has 0 aliphatic carbocycles. The van der Waals surface area contributed by atoms with E-state index in [9.17, 15) is 8.78 Å². The summed E-state index contributed by atoms with van der Waals surface area (Å²) in [5.41, 5.74) is 5.97. The number of hydrogen-bond acceptors (Lipinski definition) is 1. The Morgan fingerprint density at radius 1 is 1.00 bits per heavy atom. The van der Waals surface area contributed by atoms with Crippen molar-refractivity contribution in [2.75, 3.05) is 0 Å². The molecule has 0 bridgehead atoms. The first-order chi connectivity index (χ1) is 8.01. The van der Waals surface area contributed by atoms with Gasteiger partial charge in [-0.3, -0.25) is 0 Å². The van der Waals surface area contributed by atoms with Gasteiger partial charge in [0.1, 0.15) is 11.6 Å². The average molecular weight is 233 g/mol. The molecule has 2 aromatic carbocycles. The highest BCUT2D eigenvalue weighted by Gasteiger charge is 2.27. The maximum absolute atomic E-state index is 13.7. The van der Waals surface area contributed by atoms with Crippen LogP contribution in [0, 0.1) is 11.6 Å². The zero-order valence-corrected chi connectivity index (χ0v) is 9.45. The van der Waals surface area contributed by atoms with Gasteiger partial charge in [-0.2, -0.15) is 0 Å². The van der Waals surface area contributed by atoms with Gasteiger partial charge in [0.2, 0.25) is 0 Å². The lowest BCUT2D eigenvalue weighted by molar-refractivity contribution is 0.518. The fourth-order valence-electron chi connectivity index (χ4n) is 1.84. The van der Waals surface area contributed by atoms with E-state index in [1.54, 1.807) is 19.1 Å². The molecule has 0 aliphatic rings. The van der Waals surface area contributed by atoms with Crippen LogP contribution in [0.1, 0.15) is 18.1 Å². The summed E-state index contributed by atoms with van der Waals surface area (Å²) in [5.74, 6) is -0.991. The van der Waals surface area contributed by atoms with Crippen molar-refractivity contribution in [2.45, 2.75) is 12.5 Å². The Morgan fingerprint density at radius 2 is 1.65 bits per heavy atom. The zero-order valence-electron chi connectivity index (χ0n) is 9.45. The molecule has 3 heteroatoms. The van der Waals surface area contributed by atoms with Gasteiger partial charge in [-0.05, 0) is 30.7 Å². The number of hydrogen-bond donors (Lipinski definition) is 1. The average Bonchev–Trinajstić information content (AvgIpc) is 2.33. The zero-order chi connectivity index (χ0) is 12.5. The summed E-state index contributed by atoms with van der Waals surface area (Å²) in [6.45, 7) is 1.67. The van der Waals surface area contributed by atoms with Crippen molar-refractivity contribution in [1.29, 1.82) is 0 Å². The van der Waals surface area contributed by atoms with Gasteiger partial charge in [0.25, 0.3) is 0 Å². The Kier molecular flexibility index (Phi) is 2.94. The summed E-state index contributed by atoms with van der Waals surface area (Å²) >= 11 is 0. The third-order valence-corrected chi connectivity index (χ3v) is 2.86. The maximum Gasteiger partial charge on any atom is 0.128 e. The highest BCUT2D eigenvalue weighted by molar-refractivity contribution is 5.37. The quantitative estimate of drug-likeness (QED) is 0.847. The van der Waals surface area contributed by atoms with Crippen LogP contribution in [0.5, 0.6) is 0 Å². The van der Waals surface area contributed by atoms with Crippen molar-refractivity contribution >= 4 is 0 Å². The maximum atomic E-state index is 13.7. The molecule has 0 amide bonds. The number of rotatable bonds is 2. The van der Waals surface area contributed by atoms with E-state index >= 15 is 0 Å². The number of halogens is 2. The predicted molar refractivity (Wildman–Crippen MR) is 63.4 cm³/mol. The van der Waals surface area contributed by atoms with E-state index in [1.807, 2.05) is 18.2 Å². The number of benzene rings is 2. The third kappa shape index (κ3) is 2.19. The molecular formula is C14H13F2N. The van der Waals surface area contributed by atoms with Crippen LogP contribution >= 0.6 is 0 Å². The van der Waals surface area contributed by atoms with Gasteiger partial charge in [0.15, 0.2) is 0 Å². The number of nitrogens with two attached hydrogens (primary N) is 1. The largest absolute Gasteiger partial charge is 0.318 e. The standard InChI is InChI=1S/C14H13F2N/c1-14(17,10-5-3-2-4-6-10)12-9-11(15)7-8-13(12)16/h2-9H,17H2,1H3. The van der Waals surface area contributed by atoms with Crippen molar-refractivity contribution < 1.29 is 8.78 Å². The molecule has 0 saturated carbocycles. The SMILES string of the molecule is CC(N)(c1ccccc1)c1cc(F)ccc1F. The van der Waals surface area contributed by atoms with Crippen LogP contribution in [0.4, 0.5) is 8.78 Å². The molecule has 0 spiro atoms. The summed E-state index contributed by atoms with van der Waals surface area (Å²) in [7, 11) is 0. The lowest BCUT2D eigenvalue weighted by Gasteiger charge is -2.26. The first-order valence-corrected chi connectivity index (χ1v) is 5.32. The van der Waals surface area contributed by atoms with Crippen molar-refractivity contribution in [1.82, 2.24) is 0 Å². The van der Waals surface area contributed by atoms with Crippen molar-refractivity contribution in [2.24, 2.45) is 5.73 Å². The minimum atomic E-state index is -1.05. The smallest absolute Gasteiger partial charge is 0.128 e. The van der Waals surface area contributed by atoms with E-state index < -0.39 is 17.2 Å². The lowest BCUT2D eigenvalue weighted by Crippen LogP contribution is -2.35. The highest BCUT2D eigenvalue weighted by Crippen LogP contribution is 2.28. The summed E-state index contributed by atoms with van der Waals surface area (Å²) < 4.78 is 26.9. The van der Waals surface area contributed by atoms with Crippen LogP contribution in [0.25, 0.3) is 0 Å². The molecule has 1 atom stereocenters. The van der Waals surface area contributed by atoms with E-state index in [0.29, 0.717) is 0 Å². The fourth-order valence-corrected chi connectivity index (χ4v) is 1.84. The third-order valence-electron chi connectivity index (χ3n) is 2.86. The lowest BCUT2D eigenvalue weighted by atomic mass is 9.85. The van der Waals surface area contributed by atoms with Gasteiger partial charge in [-0.25, -0.2) is 8.78 Å². The van der Waals surface area contributed by atoms with Crippen molar-refractivity contribution in [3.05, 3.63) is 71.3 Å². The second-order valence-electron chi connectivity index (χ2n) is 4.19. The van der Waals surface area contributed by atoms with Crippen molar-refractivity contribution in [3.8, 4) is 0 Å². The second-order valence-corrected chi connectivity index (χ2v) is 4.19. The van der Waals surface area contributed by atoms with E-state index in [-0.39, 0.29) is 5.56 Å². The van der Waals surface area contributed by atoms with Gasteiger partial charge in [0.05, 0.1) is 5.54 Å². The minimum Gasteiger partial charge on any atom is -0.318 e. The van der Waals surface area contributed by atoms with Crippen LogP contribution in [-0.4, -0.2) is 0 Å². The van der Waals surface area contributed by atoms with E-state index in [0.717, 1.165) is 23.8 Å². The summed E-state index contributed by atoms with van der Waals surface area (Å²) in [6.07, 6.45) is 0. The van der Waals surface area contributed by atoms with Crippen LogP contribution in [0.2, 0.25) is 0 Å². The highest BCUT2D eigenvalue weighted by atomic mass is 19.1. The van der Waals surface area contributed by atoms with Crippen molar-refractivity contribution in [3.63, 3.8) is 0 Å². The van der Waals surface area contributed by atoms with Crippen LogP contribution in [0.3, 0.4) is 0 Å². The molecule has 2 aromatic rings. The van der Waals surface area contributed by atoms with E-state index in [2.05, 4.69) is 0 Å². The molecule has 2 N–H and O–H groups in total. The summed E-state index contributed by atoms with van der Waals surface area (Å²) in [4.78, 5) is 0. The summed E-state index contributed by atoms with van der Waals surface area (Å²) in [6, 6.07) is 12.4. The van der Waals surface area contributed by atoms with Gasteiger partial charge in [0, 0.05) is 5.56 Å². The molecular weight excluding hydrogens is 220 g/mol. The molecule has 0 saturated heterocycles. The molecule has 0 aliphatic heterocycles. The van der Waals surface area contributed by atoms with Crippen LogP contribution in [0.15, 0.2) is 48.5 Å². The first kappa shape index (κ1) is 11.7. The summed E-state index contributed by atoms with van der Waals surface area (Å²) in [5, 5.41) is 0. The predicted octanol–water partition coefficient (Wildman–Crippen LogP) is 3.19. The van der Waals surface area contributed by atoms with Gasteiger partial charge < -0.3 is 5.73 Å². The fraction of sp³-hybridized carbons (Fsp3) is 0.143. The minimum absolute atomic E-state index is 0.156. The van der Waals surface area contributed by atoms with E-state index in [1.165, 1.54) is 0 Å². The Bertz CT molecular complexity index is 521. The van der Waals surface area contributed by atoms with Gasteiger partial charge in [-0.1, -0.05) is 30.3 Å². The Hall–Kier alpha value is -1.74. The molecule has 2 rings (SSSR count). The molecule has 1 unspecified atom stereocenters. The van der Waals surface area contributed by atoms with Crippen LogP contribution in [-0.2, 0) is 5.54 Å². The Morgan fingerprint density at radius 3 is 2.29 bits per heavy atom. The monoisotopic (exact) mass is 233 g/mol. The van der Waals surface area contributed by atoms with Crippen LogP contribution < -0.4 is 5.73 Å². The molecule has 88 valence electrons. The molecule has 0 fully saturated rings. The topological polar surface area (TPSA) is 26.0 Å². The molecule has 0 radical (unpaired) electrons. The normalized spacial score (nSPS) is 14.4. The van der Waals surface area contributed by atoms with Gasteiger partial charge >= 0.3 is 0 Å². The second kappa shape index (κ2) is 4.26. The Balaban J connectivity index is 2.55. The molecule has 17 heavy (non-hydrogen) atoms. The van der Waals surface area contributed by atoms with Gasteiger partial charge in [-0.15, -0.1) is 0 Å². The Labute approximate surface area is 98.9 Å². The molecule has 0 heterocycles. The molecule has 0 aromatic heterocycles. The first-order valence-electron chi connectivity index (χ1n) is 5.32. The molecule has 1 nitrogen and oxygen atoms in total. The van der Waals surface area contributed by atoms with E-state index in [4.69, 9.17) is 5.73 Å².